The summed E-state index contributed by atoms with van der Waals surface area (Å²) in [5, 5.41) is 13.6. The van der Waals surface area contributed by atoms with Gasteiger partial charge in [-0.2, -0.15) is 0 Å². The molecule has 0 bridgehead atoms. The van der Waals surface area contributed by atoms with Crippen LogP contribution in [0.5, 0.6) is 0 Å². The van der Waals surface area contributed by atoms with Gasteiger partial charge in [0.25, 0.3) is 5.09 Å². The first-order valence-corrected chi connectivity index (χ1v) is 0.565. The number of rotatable bonds is 0. The van der Waals surface area contributed by atoms with Crippen LogP contribution >= 0.6 is 0 Å². The summed E-state index contributed by atoms with van der Waals surface area (Å²) in [7, 11) is 0. The Morgan fingerprint density at radius 1 is 1.67 bits per heavy atom. The van der Waals surface area contributed by atoms with E-state index in [9.17, 15) is 0 Å². The van der Waals surface area contributed by atoms with Gasteiger partial charge in [-0.3, -0.25) is 0 Å². The van der Waals surface area contributed by atoms with Gasteiger partial charge in [-0.15, -0.1) is 10.1 Å². The van der Waals surface area contributed by atoms with E-state index >= 15 is 0 Å². The van der Waals surface area contributed by atoms with Crippen molar-refractivity contribution in [2.45, 2.75) is 0 Å². The van der Waals surface area contributed by atoms with Crippen molar-refractivity contribution in [1.82, 2.24) is 0 Å². The quantitative estimate of drug-likeness (QED) is 0.367. The average Bonchev–Trinajstić information content (AvgIpc) is 0.811. The first-order chi connectivity index (χ1) is 1.73. The Balaban J connectivity index is -0.0000000450. The molecular formula is HIrNO3Ru. The van der Waals surface area contributed by atoms with E-state index in [0.29, 0.717) is 0 Å². The molecule has 0 spiro atoms. The van der Waals surface area contributed by atoms with Crippen molar-refractivity contribution in [3.63, 3.8) is 0 Å². The maximum Gasteiger partial charge on any atom is 0.291 e. The third-order valence-electron chi connectivity index (χ3n) is 0. The van der Waals surface area contributed by atoms with E-state index in [-0.39, 0.29) is 39.6 Å². The molecule has 0 aliphatic heterocycles. The van der Waals surface area contributed by atoms with Crippen molar-refractivity contribution in [2.75, 3.05) is 0 Å². The molecule has 4 nitrogen and oxygen atoms in total. The van der Waals surface area contributed by atoms with Gasteiger partial charge >= 0.3 is 0 Å². The van der Waals surface area contributed by atoms with E-state index in [1.165, 1.54) is 0 Å². The average molecular weight is 356 g/mol. The minimum atomic E-state index is -1.50. The molecule has 0 saturated heterocycles. The van der Waals surface area contributed by atoms with Crippen molar-refractivity contribution in [3.8, 4) is 0 Å². The van der Waals surface area contributed by atoms with Crippen molar-refractivity contribution in [3.05, 3.63) is 10.1 Å². The second-order valence-corrected chi connectivity index (χ2v) is 0.238. The standard InChI is InChI=1S/Ir.HNO3.Ru/c;2-1(3)4;/h;(H,2,3,4);. The number of hydrogen-bond acceptors (Lipinski definition) is 2. The molecule has 0 unspecified atom stereocenters. The smallest absolute Gasteiger partial charge is 0.291 e. The van der Waals surface area contributed by atoms with E-state index in [0.717, 1.165) is 0 Å². The van der Waals surface area contributed by atoms with Crippen molar-refractivity contribution < 1.29 is 49.9 Å². The molecule has 0 aromatic rings. The van der Waals surface area contributed by atoms with Crippen LogP contribution in [0.15, 0.2) is 0 Å². The first-order valence-electron chi connectivity index (χ1n) is 0.565. The fourth-order valence-electron chi connectivity index (χ4n) is 0. The molecule has 1 radical (unpaired) electrons. The number of hydrogen-bond donors (Lipinski definition) is 1. The van der Waals surface area contributed by atoms with E-state index in [1.54, 1.807) is 0 Å². The van der Waals surface area contributed by atoms with Gasteiger partial charge in [-0.25, -0.2) is 0 Å². The third kappa shape index (κ3) is 241. The molecular weight excluding hydrogens is 355 g/mol. The summed E-state index contributed by atoms with van der Waals surface area (Å²) in [6, 6.07) is 0. The van der Waals surface area contributed by atoms with Gasteiger partial charge in [0.15, 0.2) is 0 Å². The molecule has 41 valence electrons. The summed E-state index contributed by atoms with van der Waals surface area (Å²) < 4.78 is 0. The number of nitrogens with zero attached hydrogens (tertiary/aromatic N) is 1. The molecule has 0 atom stereocenters. The summed E-state index contributed by atoms with van der Waals surface area (Å²) in [5.41, 5.74) is 0. The molecule has 0 aromatic carbocycles. The van der Waals surface area contributed by atoms with E-state index in [1.807, 2.05) is 0 Å². The van der Waals surface area contributed by atoms with Crippen molar-refractivity contribution in [1.29, 1.82) is 0 Å². The van der Waals surface area contributed by atoms with Gasteiger partial charge in [-0.1, -0.05) is 0 Å². The predicted octanol–water partition coefficient (Wildman–Crippen LogP) is -0.353. The summed E-state index contributed by atoms with van der Waals surface area (Å²) in [6.07, 6.45) is 0. The van der Waals surface area contributed by atoms with Gasteiger partial charge in [0, 0.05) is 39.6 Å². The molecule has 0 amide bonds. The monoisotopic (exact) mass is 358 g/mol. The van der Waals surface area contributed by atoms with Gasteiger partial charge in [0.1, 0.15) is 0 Å². The van der Waals surface area contributed by atoms with Crippen LogP contribution in [0.4, 0.5) is 0 Å². The second kappa shape index (κ2) is 9.08. The fraction of sp³-hybridized carbons (Fsp3) is 0. The minimum Gasteiger partial charge on any atom is -0.328 e. The topological polar surface area (TPSA) is 63.4 Å². The van der Waals surface area contributed by atoms with Crippen LogP contribution in [-0.4, -0.2) is 10.3 Å². The predicted molar refractivity (Wildman–Crippen MR) is 8.78 cm³/mol. The zero-order valence-corrected chi connectivity index (χ0v) is 6.53. The molecule has 6 heteroatoms. The van der Waals surface area contributed by atoms with Crippen molar-refractivity contribution in [2.24, 2.45) is 0 Å². The third-order valence-corrected chi connectivity index (χ3v) is 0. The first kappa shape index (κ1) is 16.1. The minimum absolute atomic E-state index is 0. The van der Waals surface area contributed by atoms with Crippen LogP contribution in [0.3, 0.4) is 0 Å². The van der Waals surface area contributed by atoms with Gasteiger partial charge in [0.05, 0.1) is 0 Å². The van der Waals surface area contributed by atoms with Crippen molar-refractivity contribution >= 4 is 0 Å². The Hall–Kier alpha value is 0.473. The normalized spacial score (nSPS) is 4.00. The molecule has 0 fully saturated rings. The van der Waals surface area contributed by atoms with E-state index < -0.39 is 5.09 Å². The van der Waals surface area contributed by atoms with Crippen LogP contribution in [0.1, 0.15) is 0 Å². The van der Waals surface area contributed by atoms with Crippen LogP contribution in [0, 0.1) is 10.1 Å². The van der Waals surface area contributed by atoms with E-state index in [2.05, 4.69) is 0 Å². The molecule has 0 saturated carbocycles. The van der Waals surface area contributed by atoms with Gasteiger partial charge in [-0.05, 0) is 0 Å². The maximum absolute atomic E-state index is 8.36. The molecule has 0 heterocycles. The van der Waals surface area contributed by atoms with Crippen LogP contribution in [-0.2, 0) is 39.6 Å². The zero-order chi connectivity index (χ0) is 3.58. The van der Waals surface area contributed by atoms with Crippen LogP contribution in [0.2, 0.25) is 0 Å². The summed E-state index contributed by atoms with van der Waals surface area (Å²) in [5.74, 6) is 0. The largest absolute Gasteiger partial charge is 0.328 e. The van der Waals surface area contributed by atoms with Crippen LogP contribution < -0.4 is 0 Å². The fourth-order valence-corrected chi connectivity index (χ4v) is 0. The van der Waals surface area contributed by atoms with E-state index in [4.69, 9.17) is 15.3 Å². The zero-order valence-electron chi connectivity index (χ0n) is 2.40. The summed E-state index contributed by atoms with van der Waals surface area (Å²) in [6.45, 7) is 0. The Kier molecular flexibility index (Phi) is 24.3. The SMILES string of the molecule is O=[N+]([O-])O.[Ir].[Ru]. The Labute approximate surface area is 60.1 Å². The Morgan fingerprint density at radius 2 is 1.67 bits per heavy atom. The summed E-state index contributed by atoms with van der Waals surface area (Å²) in [4.78, 5) is 8.36. The maximum atomic E-state index is 8.36. The van der Waals surface area contributed by atoms with Gasteiger partial charge in [0.2, 0.25) is 0 Å². The van der Waals surface area contributed by atoms with Crippen LogP contribution in [0.25, 0.3) is 0 Å². The molecule has 1 N–H and O–H groups in total. The molecule has 0 aliphatic carbocycles. The molecule has 6 heavy (non-hydrogen) atoms. The summed E-state index contributed by atoms with van der Waals surface area (Å²) >= 11 is 0. The Morgan fingerprint density at radius 3 is 1.67 bits per heavy atom. The van der Waals surface area contributed by atoms with Gasteiger partial charge < -0.3 is 5.21 Å². The molecule has 0 aromatic heterocycles. The molecule has 0 rings (SSSR count). The molecule has 0 aliphatic rings. The second-order valence-electron chi connectivity index (χ2n) is 0.238. The Bertz CT molecular complexity index is 33.8.